The fourth-order valence-electron chi connectivity index (χ4n) is 2.69. The van der Waals surface area contributed by atoms with Gasteiger partial charge in [-0.2, -0.15) is 0 Å². The van der Waals surface area contributed by atoms with Crippen LogP contribution in [0.4, 0.5) is 5.69 Å². The summed E-state index contributed by atoms with van der Waals surface area (Å²) in [5.41, 5.74) is 2.66. The van der Waals surface area contributed by atoms with E-state index in [9.17, 15) is 5.11 Å². The zero-order valence-corrected chi connectivity index (χ0v) is 14.9. The lowest BCUT2D eigenvalue weighted by atomic mass is 9.98. The van der Waals surface area contributed by atoms with E-state index in [1.807, 2.05) is 0 Å². The van der Waals surface area contributed by atoms with Crippen molar-refractivity contribution in [1.82, 2.24) is 5.32 Å². The third kappa shape index (κ3) is 4.97. The van der Waals surface area contributed by atoms with Gasteiger partial charge in [-0.1, -0.05) is 22.0 Å². The number of halogens is 1. The van der Waals surface area contributed by atoms with Crippen LogP contribution < -0.4 is 10.2 Å². The normalized spacial score (nSPS) is 19.9. The van der Waals surface area contributed by atoms with Gasteiger partial charge in [0.15, 0.2) is 0 Å². The molecule has 3 nitrogen and oxygen atoms in total. The third-order valence-electron chi connectivity index (χ3n) is 3.99. The number of aliphatic hydroxyl groups excluding tert-OH is 1. The highest BCUT2D eigenvalue weighted by atomic mass is 79.9. The highest BCUT2D eigenvalue weighted by Crippen LogP contribution is 2.28. The van der Waals surface area contributed by atoms with Crippen LogP contribution in [0.25, 0.3) is 0 Å². The molecule has 1 aromatic carbocycles. The first-order chi connectivity index (χ1) is 9.89. The van der Waals surface area contributed by atoms with E-state index in [4.69, 9.17) is 0 Å². The summed E-state index contributed by atoms with van der Waals surface area (Å²) in [4.78, 5) is 2.39. The molecular weight excluding hydrogens is 328 g/mol. The summed E-state index contributed by atoms with van der Waals surface area (Å²) >= 11 is 3.70. The maximum absolute atomic E-state index is 9.36. The topological polar surface area (TPSA) is 35.5 Å². The van der Waals surface area contributed by atoms with Crippen LogP contribution in [0.15, 0.2) is 22.7 Å². The molecule has 1 aromatic rings. The maximum Gasteiger partial charge on any atom is 0.0476 e. The van der Waals surface area contributed by atoms with Gasteiger partial charge in [-0.05, 0) is 57.2 Å². The Kier molecular flexibility index (Phi) is 5.69. The molecule has 0 saturated carbocycles. The second-order valence-electron chi connectivity index (χ2n) is 7.02. The van der Waals surface area contributed by atoms with E-state index in [1.165, 1.54) is 11.3 Å². The molecule has 0 radical (unpaired) electrons. The smallest absolute Gasteiger partial charge is 0.0476 e. The first-order valence-electron chi connectivity index (χ1n) is 7.78. The molecule has 4 heteroatoms. The van der Waals surface area contributed by atoms with Crippen LogP contribution >= 0.6 is 15.9 Å². The van der Waals surface area contributed by atoms with Crippen LogP contribution in [0.1, 0.15) is 39.2 Å². The lowest BCUT2D eigenvalue weighted by molar-refractivity contribution is 0.208. The molecule has 2 N–H and O–H groups in total. The average molecular weight is 355 g/mol. The van der Waals surface area contributed by atoms with E-state index in [0.29, 0.717) is 12.5 Å². The van der Waals surface area contributed by atoms with Gasteiger partial charge >= 0.3 is 0 Å². The molecule has 21 heavy (non-hydrogen) atoms. The van der Waals surface area contributed by atoms with Gasteiger partial charge in [-0.15, -0.1) is 0 Å². The summed E-state index contributed by atoms with van der Waals surface area (Å²) in [6.07, 6.45) is 2.30. The maximum atomic E-state index is 9.36. The van der Waals surface area contributed by atoms with E-state index in [0.717, 1.165) is 36.9 Å². The molecular formula is C17H27BrN2O. The fourth-order valence-corrected chi connectivity index (χ4v) is 3.19. The van der Waals surface area contributed by atoms with Crippen molar-refractivity contribution in [3.8, 4) is 0 Å². The predicted molar refractivity (Wildman–Crippen MR) is 92.8 cm³/mol. The SMILES string of the molecule is CC(C)(C)NCc1ccc(N2CCCC(CO)C2)cc1Br. The van der Waals surface area contributed by atoms with Gasteiger partial charge in [0.2, 0.25) is 0 Å². The summed E-state index contributed by atoms with van der Waals surface area (Å²) in [6, 6.07) is 6.60. The molecule has 0 amide bonds. The van der Waals surface area contributed by atoms with Crippen LogP contribution in [0.3, 0.4) is 0 Å². The monoisotopic (exact) mass is 354 g/mol. The quantitative estimate of drug-likeness (QED) is 0.867. The van der Waals surface area contributed by atoms with Crippen LogP contribution in [0, 0.1) is 5.92 Å². The molecule has 1 saturated heterocycles. The van der Waals surface area contributed by atoms with E-state index in [-0.39, 0.29) is 5.54 Å². The first kappa shape index (κ1) is 16.8. The zero-order chi connectivity index (χ0) is 15.5. The van der Waals surface area contributed by atoms with Crippen LogP contribution in [-0.2, 0) is 6.54 Å². The van der Waals surface area contributed by atoms with Crippen molar-refractivity contribution >= 4 is 21.6 Å². The average Bonchev–Trinajstić information content (AvgIpc) is 2.45. The highest BCUT2D eigenvalue weighted by molar-refractivity contribution is 9.10. The van der Waals surface area contributed by atoms with E-state index in [2.05, 4.69) is 65.1 Å². The number of hydrogen-bond acceptors (Lipinski definition) is 3. The molecule has 0 aromatic heterocycles. The van der Waals surface area contributed by atoms with E-state index >= 15 is 0 Å². The second-order valence-corrected chi connectivity index (χ2v) is 7.87. The summed E-state index contributed by atoms with van der Waals surface area (Å²) in [5.74, 6) is 0.416. The Hall–Kier alpha value is -0.580. The molecule has 1 aliphatic heterocycles. The molecule has 1 unspecified atom stereocenters. The molecule has 1 fully saturated rings. The Balaban J connectivity index is 2.04. The Morgan fingerprint density at radius 2 is 2.14 bits per heavy atom. The molecule has 0 spiro atoms. The minimum atomic E-state index is 0.124. The number of aliphatic hydroxyl groups is 1. The van der Waals surface area contributed by atoms with Crippen molar-refractivity contribution in [1.29, 1.82) is 0 Å². The number of piperidine rings is 1. The Bertz CT molecular complexity index is 470. The minimum absolute atomic E-state index is 0.124. The van der Waals surface area contributed by atoms with Gasteiger partial charge in [0.1, 0.15) is 0 Å². The molecule has 2 rings (SSSR count). The summed E-state index contributed by atoms with van der Waals surface area (Å²) in [6.45, 7) is 9.74. The summed E-state index contributed by atoms with van der Waals surface area (Å²) < 4.78 is 1.16. The standard InChI is InChI=1S/C17H27BrN2O/c1-17(2,3)19-10-14-6-7-15(9-16(14)18)20-8-4-5-13(11-20)12-21/h6-7,9,13,19,21H,4-5,8,10-12H2,1-3H3. The predicted octanol–water partition coefficient (Wildman–Crippen LogP) is 3.55. The first-order valence-corrected chi connectivity index (χ1v) is 8.57. The van der Waals surface area contributed by atoms with Crippen LogP contribution in [-0.4, -0.2) is 30.3 Å². The molecule has 1 aliphatic rings. The van der Waals surface area contributed by atoms with Gasteiger partial charge in [-0.3, -0.25) is 0 Å². The lowest BCUT2D eigenvalue weighted by Gasteiger charge is -2.34. The molecule has 0 bridgehead atoms. The number of nitrogens with one attached hydrogen (secondary N) is 1. The Morgan fingerprint density at radius 1 is 1.38 bits per heavy atom. The van der Waals surface area contributed by atoms with Crippen LogP contribution in [0.5, 0.6) is 0 Å². The van der Waals surface area contributed by atoms with Gasteiger partial charge < -0.3 is 15.3 Å². The Labute approximate surface area is 136 Å². The van der Waals surface area contributed by atoms with Gasteiger partial charge in [0, 0.05) is 41.9 Å². The molecule has 118 valence electrons. The van der Waals surface area contributed by atoms with Crippen molar-refractivity contribution in [3.63, 3.8) is 0 Å². The number of nitrogens with zero attached hydrogens (tertiary/aromatic N) is 1. The van der Waals surface area contributed by atoms with Crippen LogP contribution in [0.2, 0.25) is 0 Å². The van der Waals surface area contributed by atoms with Gasteiger partial charge in [-0.25, -0.2) is 0 Å². The largest absolute Gasteiger partial charge is 0.396 e. The fraction of sp³-hybridized carbons (Fsp3) is 0.647. The van der Waals surface area contributed by atoms with Gasteiger partial charge in [0.05, 0.1) is 0 Å². The van der Waals surface area contributed by atoms with E-state index < -0.39 is 0 Å². The van der Waals surface area contributed by atoms with Crippen molar-refractivity contribution in [2.24, 2.45) is 5.92 Å². The lowest BCUT2D eigenvalue weighted by Crippen LogP contribution is -2.37. The molecule has 0 aliphatic carbocycles. The van der Waals surface area contributed by atoms with Gasteiger partial charge in [0.25, 0.3) is 0 Å². The third-order valence-corrected chi connectivity index (χ3v) is 4.73. The minimum Gasteiger partial charge on any atom is -0.396 e. The van der Waals surface area contributed by atoms with Crippen molar-refractivity contribution in [2.45, 2.75) is 45.7 Å². The van der Waals surface area contributed by atoms with E-state index in [1.54, 1.807) is 0 Å². The number of anilines is 1. The molecule has 1 heterocycles. The zero-order valence-electron chi connectivity index (χ0n) is 13.3. The Morgan fingerprint density at radius 3 is 2.76 bits per heavy atom. The number of hydrogen-bond donors (Lipinski definition) is 2. The van der Waals surface area contributed by atoms with Crippen molar-refractivity contribution < 1.29 is 5.11 Å². The summed E-state index contributed by atoms with van der Waals surface area (Å²) in [5, 5.41) is 12.9. The molecule has 1 atom stereocenters. The second kappa shape index (κ2) is 7.12. The number of benzene rings is 1. The number of rotatable bonds is 4. The summed E-state index contributed by atoms with van der Waals surface area (Å²) in [7, 11) is 0. The highest BCUT2D eigenvalue weighted by Gasteiger charge is 2.20. The van der Waals surface area contributed by atoms with Crippen molar-refractivity contribution in [3.05, 3.63) is 28.2 Å². The van der Waals surface area contributed by atoms with Crippen molar-refractivity contribution in [2.75, 3.05) is 24.6 Å².